The van der Waals surface area contributed by atoms with Crippen LogP contribution < -0.4 is 5.69 Å². The summed E-state index contributed by atoms with van der Waals surface area (Å²) >= 11 is 0. The van der Waals surface area contributed by atoms with E-state index in [9.17, 15) is 13.6 Å². The van der Waals surface area contributed by atoms with Crippen molar-refractivity contribution in [2.45, 2.75) is 38.8 Å². The van der Waals surface area contributed by atoms with Crippen molar-refractivity contribution in [3.05, 3.63) is 93.2 Å². The van der Waals surface area contributed by atoms with Crippen molar-refractivity contribution >= 4 is 18.0 Å². The lowest BCUT2D eigenvalue weighted by atomic mass is 9.88. The summed E-state index contributed by atoms with van der Waals surface area (Å²) in [6.07, 6.45) is 3.64. The maximum absolute atomic E-state index is 13.5. The summed E-state index contributed by atoms with van der Waals surface area (Å²) in [7, 11) is 0. The normalized spacial score (nSPS) is 15.9. The molecule has 0 bridgehead atoms. The molecule has 2 aromatic carbocycles. The highest BCUT2D eigenvalue weighted by Crippen LogP contribution is 2.32. The molecular formula is C25H27ClF2N4O. The summed E-state index contributed by atoms with van der Waals surface area (Å²) in [6, 6.07) is 13.0. The fourth-order valence-electron chi connectivity index (χ4n) is 4.78. The van der Waals surface area contributed by atoms with Crippen molar-refractivity contribution in [3.63, 3.8) is 0 Å². The van der Waals surface area contributed by atoms with Gasteiger partial charge in [0.25, 0.3) is 0 Å². The maximum atomic E-state index is 13.5. The third kappa shape index (κ3) is 4.94. The third-order valence-corrected chi connectivity index (χ3v) is 6.49. The van der Waals surface area contributed by atoms with Gasteiger partial charge in [0, 0.05) is 32.6 Å². The Kier molecular flexibility index (Phi) is 7.10. The summed E-state index contributed by atoms with van der Waals surface area (Å²) < 4.78 is 30.4. The quantitative estimate of drug-likeness (QED) is 0.556. The zero-order valence-corrected chi connectivity index (χ0v) is 19.2. The molecule has 0 aliphatic carbocycles. The van der Waals surface area contributed by atoms with E-state index in [0.29, 0.717) is 6.54 Å². The molecule has 8 heteroatoms. The molecule has 2 aliphatic heterocycles. The molecule has 1 saturated heterocycles. The first-order valence-corrected chi connectivity index (χ1v) is 11.2. The van der Waals surface area contributed by atoms with Crippen LogP contribution in [-0.2, 0) is 19.5 Å². The van der Waals surface area contributed by atoms with Gasteiger partial charge >= 0.3 is 5.69 Å². The van der Waals surface area contributed by atoms with Crippen molar-refractivity contribution in [2.75, 3.05) is 19.6 Å². The number of fused-ring (bicyclic) bond motifs is 1. The molecule has 0 N–H and O–H groups in total. The Morgan fingerprint density at radius 1 is 0.818 bits per heavy atom. The van der Waals surface area contributed by atoms with Gasteiger partial charge in [-0.05, 0) is 60.2 Å². The van der Waals surface area contributed by atoms with Crippen LogP contribution in [0.3, 0.4) is 0 Å². The van der Waals surface area contributed by atoms with Crippen LogP contribution in [0.1, 0.15) is 36.2 Å². The molecular weight excluding hydrogens is 446 g/mol. The van der Waals surface area contributed by atoms with Gasteiger partial charge in [0.2, 0.25) is 0 Å². The summed E-state index contributed by atoms with van der Waals surface area (Å²) in [6.45, 7) is 3.92. The van der Waals surface area contributed by atoms with Crippen LogP contribution in [-0.4, -0.2) is 38.9 Å². The van der Waals surface area contributed by atoms with Crippen molar-refractivity contribution in [2.24, 2.45) is 0 Å². The number of benzene rings is 2. The molecule has 5 rings (SSSR count). The van der Waals surface area contributed by atoms with Gasteiger partial charge < -0.3 is 4.90 Å². The molecule has 1 fully saturated rings. The number of aryl methyl sites for hydroxylation is 1. The maximum Gasteiger partial charge on any atom is 0.345 e. The molecule has 0 unspecified atom stereocenters. The van der Waals surface area contributed by atoms with Crippen molar-refractivity contribution in [1.29, 1.82) is 0 Å². The molecule has 5 nitrogen and oxygen atoms in total. The zero-order valence-electron chi connectivity index (χ0n) is 18.3. The second-order valence-corrected chi connectivity index (χ2v) is 8.51. The van der Waals surface area contributed by atoms with Gasteiger partial charge in [0.05, 0.1) is 6.54 Å². The highest BCUT2D eigenvalue weighted by atomic mass is 35.5. The lowest BCUT2D eigenvalue weighted by Crippen LogP contribution is -2.36. The second kappa shape index (κ2) is 10.0. The van der Waals surface area contributed by atoms with Gasteiger partial charge in [-0.25, -0.2) is 18.3 Å². The Labute approximate surface area is 197 Å². The third-order valence-electron chi connectivity index (χ3n) is 6.49. The first kappa shape index (κ1) is 23.4. The number of nitrogens with zero attached hydrogens (tertiary/aromatic N) is 4. The van der Waals surface area contributed by atoms with E-state index in [2.05, 4.69) is 10.00 Å². The van der Waals surface area contributed by atoms with Crippen LogP contribution in [0.5, 0.6) is 0 Å². The van der Waals surface area contributed by atoms with Crippen LogP contribution in [0.25, 0.3) is 5.57 Å². The predicted octanol–water partition coefficient (Wildman–Crippen LogP) is 4.29. The van der Waals surface area contributed by atoms with Crippen molar-refractivity contribution < 1.29 is 8.78 Å². The zero-order chi connectivity index (χ0) is 22.1. The van der Waals surface area contributed by atoms with E-state index in [1.807, 2.05) is 0 Å². The molecule has 0 saturated carbocycles. The summed E-state index contributed by atoms with van der Waals surface area (Å²) in [5.74, 6) is 0.363. The fourth-order valence-corrected chi connectivity index (χ4v) is 4.78. The molecule has 174 valence electrons. The van der Waals surface area contributed by atoms with E-state index in [-0.39, 0.29) is 29.7 Å². The Bertz CT molecular complexity index is 1140. The lowest BCUT2D eigenvalue weighted by Gasteiger charge is -2.30. The number of rotatable bonds is 5. The summed E-state index contributed by atoms with van der Waals surface area (Å²) in [5.41, 5.74) is 4.25. The molecule has 1 aromatic heterocycles. The number of piperidine rings is 1. The monoisotopic (exact) mass is 472 g/mol. The van der Waals surface area contributed by atoms with Gasteiger partial charge in [0.15, 0.2) is 0 Å². The second-order valence-electron chi connectivity index (χ2n) is 8.51. The fraction of sp³-hybridized carbons (Fsp3) is 0.360. The SMILES string of the molecule is Cl.O=c1n(CCN2CCC(=C(c3ccc(F)cc3)c3ccc(F)cc3)CC2)nc2n1CCC2. The number of halogens is 3. The summed E-state index contributed by atoms with van der Waals surface area (Å²) in [4.78, 5) is 14.8. The molecule has 0 spiro atoms. The van der Waals surface area contributed by atoms with Gasteiger partial charge in [-0.15, -0.1) is 12.4 Å². The molecule has 0 atom stereocenters. The largest absolute Gasteiger partial charge is 0.345 e. The molecule has 3 aromatic rings. The Morgan fingerprint density at radius 3 is 1.94 bits per heavy atom. The molecule has 0 radical (unpaired) electrons. The number of likely N-dealkylation sites (tertiary alicyclic amines) is 1. The Hall–Kier alpha value is -2.77. The number of aromatic nitrogens is 3. The average Bonchev–Trinajstić information content (AvgIpc) is 3.39. The van der Waals surface area contributed by atoms with Gasteiger partial charge in [0.1, 0.15) is 17.5 Å². The molecule has 2 aliphatic rings. The first-order valence-electron chi connectivity index (χ1n) is 11.2. The highest BCUT2D eigenvalue weighted by Gasteiger charge is 2.21. The molecule has 0 amide bonds. The van der Waals surface area contributed by atoms with E-state index >= 15 is 0 Å². The van der Waals surface area contributed by atoms with Crippen LogP contribution >= 0.6 is 12.4 Å². The van der Waals surface area contributed by atoms with Crippen molar-refractivity contribution in [3.8, 4) is 0 Å². The minimum Gasteiger partial charge on any atom is -0.301 e. The molecule has 3 heterocycles. The smallest absolute Gasteiger partial charge is 0.301 e. The van der Waals surface area contributed by atoms with Gasteiger partial charge in [-0.2, -0.15) is 5.10 Å². The minimum atomic E-state index is -0.271. The van der Waals surface area contributed by atoms with Gasteiger partial charge in [-0.1, -0.05) is 29.8 Å². The number of hydrogen-bond acceptors (Lipinski definition) is 3. The average molecular weight is 473 g/mol. The van der Waals surface area contributed by atoms with E-state index in [4.69, 9.17) is 0 Å². The van der Waals surface area contributed by atoms with E-state index in [0.717, 1.165) is 74.4 Å². The van der Waals surface area contributed by atoms with E-state index in [1.165, 1.54) is 29.8 Å². The first-order chi connectivity index (χ1) is 15.6. The lowest BCUT2D eigenvalue weighted by molar-refractivity contribution is 0.241. The summed E-state index contributed by atoms with van der Waals surface area (Å²) in [5, 5.41) is 4.48. The minimum absolute atomic E-state index is 0. The topological polar surface area (TPSA) is 43.1 Å². The van der Waals surface area contributed by atoms with Crippen LogP contribution in [0.4, 0.5) is 8.78 Å². The van der Waals surface area contributed by atoms with Crippen LogP contribution in [0.15, 0.2) is 58.9 Å². The predicted molar refractivity (Wildman–Crippen MR) is 127 cm³/mol. The number of hydrogen-bond donors (Lipinski definition) is 0. The van der Waals surface area contributed by atoms with Crippen LogP contribution in [0, 0.1) is 11.6 Å². The van der Waals surface area contributed by atoms with Crippen LogP contribution in [0.2, 0.25) is 0 Å². The standard InChI is InChI=1S/C25H26F2N4O.ClH/c26-21-7-3-18(4-8-21)24(19-5-9-22(27)10-6-19)20-11-14-29(15-12-20)16-17-31-25(32)30-13-1-2-23(30)28-31;/h3-10H,1-2,11-17H2;1H. The van der Waals surface area contributed by atoms with Crippen molar-refractivity contribution in [1.82, 2.24) is 19.2 Å². The Balaban J connectivity index is 0.00000259. The Morgan fingerprint density at radius 2 is 1.39 bits per heavy atom. The van der Waals surface area contributed by atoms with E-state index < -0.39 is 0 Å². The van der Waals surface area contributed by atoms with Gasteiger partial charge in [-0.3, -0.25) is 4.57 Å². The highest BCUT2D eigenvalue weighted by molar-refractivity contribution is 5.85. The molecule has 33 heavy (non-hydrogen) atoms. The van der Waals surface area contributed by atoms with E-state index in [1.54, 1.807) is 33.5 Å².